The number of rotatable bonds is 7. The van der Waals surface area contributed by atoms with Crippen molar-refractivity contribution in [2.24, 2.45) is 0 Å². The number of alkyl carbamates (subject to hydrolysis) is 1. The molecule has 0 aromatic heterocycles. The van der Waals surface area contributed by atoms with E-state index in [1.807, 2.05) is 36.4 Å². The lowest BCUT2D eigenvalue weighted by atomic mass is 9.98. The third-order valence-corrected chi connectivity index (χ3v) is 5.47. The van der Waals surface area contributed by atoms with Gasteiger partial charge in [-0.1, -0.05) is 54.6 Å². The number of hydrogen-bond donors (Lipinski definition) is 4. The van der Waals surface area contributed by atoms with E-state index in [1.165, 1.54) is 24.3 Å². The highest BCUT2D eigenvalue weighted by Gasteiger charge is 2.28. The minimum absolute atomic E-state index is 0.0385. The monoisotopic (exact) mass is 458 g/mol. The van der Waals surface area contributed by atoms with Crippen LogP contribution in [-0.4, -0.2) is 41.3 Å². The largest absolute Gasteiger partial charge is 0.507 e. The number of aromatic carboxylic acids is 1. The molecule has 8 nitrogen and oxygen atoms in total. The number of amides is 2. The van der Waals surface area contributed by atoms with Gasteiger partial charge < -0.3 is 25.6 Å². The number of aromatic hydroxyl groups is 1. The molecule has 0 radical (unpaired) electrons. The molecule has 0 aliphatic heterocycles. The highest BCUT2D eigenvalue weighted by atomic mass is 16.5. The zero-order valence-corrected chi connectivity index (χ0v) is 18.0. The van der Waals surface area contributed by atoms with Crippen LogP contribution >= 0.6 is 0 Å². The number of fused-ring (bicyclic) bond motifs is 3. The minimum Gasteiger partial charge on any atom is -0.507 e. The average Bonchev–Trinajstić information content (AvgIpc) is 3.14. The van der Waals surface area contributed by atoms with Gasteiger partial charge in [0.25, 0.3) is 0 Å². The van der Waals surface area contributed by atoms with E-state index < -0.39 is 23.7 Å². The molecule has 2 amide bonds. The van der Waals surface area contributed by atoms with E-state index in [9.17, 15) is 19.5 Å². The fourth-order valence-electron chi connectivity index (χ4n) is 3.93. The number of carbonyl (C=O) groups is 3. The molecule has 34 heavy (non-hydrogen) atoms. The molecule has 3 aromatic rings. The van der Waals surface area contributed by atoms with E-state index in [0.717, 1.165) is 28.3 Å². The summed E-state index contributed by atoms with van der Waals surface area (Å²) in [4.78, 5) is 35.0. The summed E-state index contributed by atoms with van der Waals surface area (Å²) in [7, 11) is 0. The number of carboxylic acids is 1. The van der Waals surface area contributed by atoms with Crippen LogP contribution in [0.25, 0.3) is 11.1 Å². The highest BCUT2D eigenvalue weighted by Crippen LogP contribution is 2.44. The molecule has 0 saturated carbocycles. The van der Waals surface area contributed by atoms with E-state index in [-0.39, 0.29) is 30.3 Å². The highest BCUT2D eigenvalue weighted by molar-refractivity contribution is 6.00. The topological polar surface area (TPSA) is 125 Å². The number of phenols is 1. The Morgan fingerprint density at radius 3 is 2.21 bits per heavy atom. The summed E-state index contributed by atoms with van der Waals surface area (Å²) in [5.41, 5.74) is 4.51. The minimum atomic E-state index is -1.27. The summed E-state index contributed by atoms with van der Waals surface area (Å²) in [6.45, 7) is 0.271. The van der Waals surface area contributed by atoms with Crippen LogP contribution in [-0.2, 0) is 9.53 Å². The molecule has 1 aliphatic carbocycles. The van der Waals surface area contributed by atoms with Crippen LogP contribution in [0.4, 0.5) is 10.5 Å². The second-order valence-corrected chi connectivity index (χ2v) is 7.64. The average molecular weight is 458 g/mol. The Labute approximate surface area is 195 Å². The maximum atomic E-state index is 12.1. The fraction of sp³-hybridized carbons (Fsp3) is 0.115. The van der Waals surface area contributed by atoms with Gasteiger partial charge in [-0.25, -0.2) is 9.59 Å². The van der Waals surface area contributed by atoms with Crippen molar-refractivity contribution in [3.05, 3.63) is 95.6 Å². The van der Waals surface area contributed by atoms with Crippen LogP contribution in [0.3, 0.4) is 0 Å². The van der Waals surface area contributed by atoms with Crippen molar-refractivity contribution < 1.29 is 29.3 Å². The molecule has 4 N–H and O–H groups in total. The lowest BCUT2D eigenvalue weighted by Crippen LogP contribution is -2.26. The Kier molecular flexibility index (Phi) is 6.59. The van der Waals surface area contributed by atoms with E-state index >= 15 is 0 Å². The molecular weight excluding hydrogens is 436 g/mol. The summed E-state index contributed by atoms with van der Waals surface area (Å²) in [6.07, 6.45) is 2.06. The lowest BCUT2D eigenvalue weighted by molar-refractivity contribution is -0.111. The van der Waals surface area contributed by atoms with Gasteiger partial charge in [-0.3, -0.25) is 4.79 Å². The van der Waals surface area contributed by atoms with Crippen molar-refractivity contribution in [1.29, 1.82) is 0 Å². The van der Waals surface area contributed by atoms with Gasteiger partial charge in [-0.05, 0) is 34.4 Å². The van der Waals surface area contributed by atoms with Crippen molar-refractivity contribution >= 4 is 23.7 Å². The SMILES string of the molecule is O=C(/C=C/CNC(=O)OCC1c2ccccc2-c2ccccc21)Nc1ccc(C(=O)O)c(O)c1. The number of carboxylic acid groups (broad SMARTS) is 1. The van der Waals surface area contributed by atoms with Crippen molar-refractivity contribution in [3.8, 4) is 16.9 Å². The number of ether oxygens (including phenoxy) is 1. The first-order valence-electron chi connectivity index (χ1n) is 10.6. The van der Waals surface area contributed by atoms with Crippen LogP contribution in [0.2, 0.25) is 0 Å². The van der Waals surface area contributed by atoms with Crippen molar-refractivity contribution in [2.75, 3.05) is 18.5 Å². The molecular formula is C26H22N2O6. The number of carbonyl (C=O) groups excluding carboxylic acids is 2. The molecule has 0 spiro atoms. The second kappa shape index (κ2) is 9.91. The Bertz CT molecular complexity index is 1240. The number of benzene rings is 3. The van der Waals surface area contributed by atoms with E-state index in [1.54, 1.807) is 0 Å². The first kappa shape index (κ1) is 22.6. The first-order chi connectivity index (χ1) is 16.4. The molecule has 0 heterocycles. The molecule has 0 saturated heterocycles. The summed E-state index contributed by atoms with van der Waals surface area (Å²) in [5, 5.41) is 23.7. The zero-order chi connectivity index (χ0) is 24.1. The predicted octanol–water partition coefficient (Wildman–Crippen LogP) is 4.12. The smallest absolute Gasteiger partial charge is 0.407 e. The summed E-state index contributed by atoms with van der Waals surface area (Å²) in [5.74, 6) is -2.26. The number of anilines is 1. The third-order valence-electron chi connectivity index (χ3n) is 5.47. The molecule has 0 atom stereocenters. The molecule has 4 rings (SSSR count). The Hall–Kier alpha value is -4.59. The van der Waals surface area contributed by atoms with Crippen LogP contribution in [0.15, 0.2) is 78.9 Å². The van der Waals surface area contributed by atoms with E-state index in [2.05, 4.69) is 22.8 Å². The quantitative estimate of drug-likeness (QED) is 0.395. The normalized spacial score (nSPS) is 12.1. The van der Waals surface area contributed by atoms with E-state index in [4.69, 9.17) is 9.84 Å². The fourth-order valence-corrected chi connectivity index (χ4v) is 3.93. The van der Waals surface area contributed by atoms with Crippen LogP contribution < -0.4 is 10.6 Å². The van der Waals surface area contributed by atoms with Gasteiger partial charge in [0.05, 0.1) is 0 Å². The van der Waals surface area contributed by atoms with E-state index in [0.29, 0.717) is 0 Å². The molecule has 172 valence electrons. The maximum absolute atomic E-state index is 12.1. The second-order valence-electron chi connectivity index (χ2n) is 7.64. The predicted molar refractivity (Wildman–Crippen MR) is 126 cm³/mol. The van der Waals surface area contributed by atoms with Crippen molar-refractivity contribution in [3.63, 3.8) is 0 Å². The van der Waals surface area contributed by atoms with Gasteiger partial charge in [0, 0.05) is 30.3 Å². The Morgan fingerprint density at radius 2 is 1.59 bits per heavy atom. The molecule has 0 unspecified atom stereocenters. The first-order valence-corrected chi connectivity index (χ1v) is 10.6. The summed E-state index contributed by atoms with van der Waals surface area (Å²) >= 11 is 0. The Balaban J connectivity index is 1.25. The number of hydrogen-bond acceptors (Lipinski definition) is 5. The van der Waals surface area contributed by atoms with Crippen molar-refractivity contribution in [1.82, 2.24) is 5.32 Å². The van der Waals surface area contributed by atoms with Gasteiger partial charge in [-0.2, -0.15) is 0 Å². The number of nitrogens with one attached hydrogen (secondary N) is 2. The standard InChI is InChI=1S/C26H22N2O6/c29-23-14-16(11-12-21(23)25(31)32)28-24(30)10-5-13-27-26(33)34-15-22-19-8-3-1-6-17(19)18-7-2-4-9-20(18)22/h1-12,14,22,29H,13,15H2,(H,27,33)(H,28,30)(H,31,32)/b10-5+. The van der Waals surface area contributed by atoms with Crippen LogP contribution in [0.5, 0.6) is 5.75 Å². The maximum Gasteiger partial charge on any atom is 0.407 e. The van der Waals surface area contributed by atoms with Crippen LogP contribution in [0, 0.1) is 0 Å². The summed E-state index contributed by atoms with van der Waals surface area (Å²) < 4.78 is 5.43. The summed E-state index contributed by atoms with van der Waals surface area (Å²) in [6, 6.07) is 19.8. The van der Waals surface area contributed by atoms with Gasteiger partial charge in [0.2, 0.25) is 5.91 Å². The Morgan fingerprint density at radius 1 is 0.941 bits per heavy atom. The molecule has 1 aliphatic rings. The van der Waals surface area contributed by atoms with Gasteiger partial charge >= 0.3 is 12.1 Å². The van der Waals surface area contributed by atoms with Gasteiger partial charge in [0.1, 0.15) is 17.9 Å². The molecule has 0 fully saturated rings. The van der Waals surface area contributed by atoms with Crippen molar-refractivity contribution in [2.45, 2.75) is 5.92 Å². The molecule has 0 bridgehead atoms. The van der Waals surface area contributed by atoms with Crippen LogP contribution in [0.1, 0.15) is 27.4 Å². The van der Waals surface area contributed by atoms with Gasteiger partial charge in [0.15, 0.2) is 0 Å². The third kappa shape index (κ3) is 4.91. The zero-order valence-electron chi connectivity index (χ0n) is 18.0. The molecule has 3 aromatic carbocycles. The van der Waals surface area contributed by atoms with Gasteiger partial charge in [-0.15, -0.1) is 0 Å². The lowest BCUT2D eigenvalue weighted by Gasteiger charge is -2.14. The molecule has 8 heteroatoms.